The molecule has 2 aromatic carbocycles. The Kier molecular flexibility index (Phi) is 8.88. The zero-order valence-electron chi connectivity index (χ0n) is 21.3. The summed E-state index contributed by atoms with van der Waals surface area (Å²) in [6.45, 7) is 8.14. The fourth-order valence-corrected chi connectivity index (χ4v) is 4.04. The number of carboxylic acid groups (broad SMARTS) is 1. The molecule has 0 aliphatic heterocycles. The van der Waals surface area contributed by atoms with E-state index < -0.39 is 11.5 Å². The van der Waals surface area contributed by atoms with Crippen LogP contribution >= 0.6 is 0 Å². The van der Waals surface area contributed by atoms with Gasteiger partial charge >= 0.3 is 12.0 Å². The zero-order valence-corrected chi connectivity index (χ0v) is 21.3. The number of benzene rings is 2. The molecule has 0 bridgehead atoms. The number of Topliss-reactive ketones (excluding diaryl/α,β-unsaturated/α-hetero) is 1. The van der Waals surface area contributed by atoms with Crippen LogP contribution in [0.3, 0.4) is 0 Å². The summed E-state index contributed by atoms with van der Waals surface area (Å²) in [7, 11) is 0. The van der Waals surface area contributed by atoms with E-state index in [1.54, 1.807) is 24.3 Å². The summed E-state index contributed by atoms with van der Waals surface area (Å²) < 4.78 is 5.81. The van der Waals surface area contributed by atoms with Crippen molar-refractivity contribution in [2.24, 2.45) is 5.92 Å². The molecule has 1 unspecified atom stereocenters. The number of para-hydroxylation sites is 1. The van der Waals surface area contributed by atoms with E-state index in [0.717, 1.165) is 35.9 Å². The predicted molar refractivity (Wildman–Crippen MR) is 142 cm³/mol. The van der Waals surface area contributed by atoms with Crippen LogP contribution in [0.4, 0.5) is 16.2 Å². The number of carboxylic acids is 1. The Morgan fingerprint density at radius 2 is 1.78 bits per heavy atom. The first-order valence-electron chi connectivity index (χ1n) is 12.2. The third kappa shape index (κ3) is 7.42. The molecular weight excluding hydrogens is 458 g/mol. The SMILES string of the molecule is Cc1ccccc1NC(=O)Nc1ccc2oc(C(=O)C(C)(C)NCCCCC(C)CC(=O)O)cc2c1. The summed E-state index contributed by atoms with van der Waals surface area (Å²) >= 11 is 0. The quantitative estimate of drug-likeness (QED) is 0.176. The van der Waals surface area contributed by atoms with Gasteiger partial charge in [0.1, 0.15) is 5.58 Å². The summed E-state index contributed by atoms with van der Waals surface area (Å²) in [5.41, 5.74) is 2.02. The number of urea groups is 1. The van der Waals surface area contributed by atoms with Gasteiger partial charge in [0.05, 0.1) is 5.54 Å². The minimum atomic E-state index is -0.824. The van der Waals surface area contributed by atoms with Gasteiger partial charge in [-0.1, -0.05) is 38.0 Å². The van der Waals surface area contributed by atoms with Crippen molar-refractivity contribution in [3.63, 3.8) is 0 Å². The molecule has 2 amide bonds. The Labute approximate surface area is 211 Å². The van der Waals surface area contributed by atoms with E-state index in [0.29, 0.717) is 17.8 Å². The lowest BCUT2D eigenvalue weighted by atomic mass is 9.96. The summed E-state index contributed by atoms with van der Waals surface area (Å²) in [5, 5.41) is 18.5. The van der Waals surface area contributed by atoms with E-state index in [1.807, 2.05) is 52.0 Å². The number of anilines is 2. The van der Waals surface area contributed by atoms with Gasteiger partial charge in [-0.05, 0) is 75.5 Å². The molecule has 0 radical (unpaired) electrons. The van der Waals surface area contributed by atoms with Gasteiger partial charge in [-0.15, -0.1) is 0 Å². The number of aliphatic carboxylic acids is 1. The summed E-state index contributed by atoms with van der Waals surface area (Å²) in [4.78, 5) is 36.3. The maximum atomic E-state index is 13.1. The number of carbonyl (C=O) groups is 3. The number of unbranched alkanes of at least 4 members (excludes halogenated alkanes) is 1. The van der Waals surface area contributed by atoms with Crippen LogP contribution in [0.1, 0.15) is 62.6 Å². The third-order valence-electron chi connectivity index (χ3n) is 6.17. The van der Waals surface area contributed by atoms with Gasteiger partial charge in [0.15, 0.2) is 5.76 Å². The summed E-state index contributed by atoms with van der Waals surface area (Å²) in [6, 6.07) is 14.1. The summed E-state index contributed by atoms with van der Waals surface area (Å²) in [6.07, 6.45) is 2.76. The highest BCUT2D eigenvalue weighted by molar-refractivity contribution is 6.04. The van der Waals surface area contributed by atoms with Crippen LogP contribution in [0.2, 0.25) is 0 Å². The van der Waals surface area contributed by atoms with E-state index in [1.165, 1.54) is 0 Å². The number of aryl methyl sites for hydroxylation is 1. The van der Waals surface area contributed by atoms with Gasteiger partial charge in [-0.25, -0.2) is 4.79 Å². The van der Waals surface area contributed by atoms with Gasteiger partial charge in [0.25, 0.3) is 0 Å². The van der Waals surface area contributed by atoms with Crippen molar-refractivity contribution >= 4 is 40.1 Å². The van der Waals surface area contributed by atoms with Gasteiger partial charge in [0, 0.05) is 23.2 Å². The zero-order chi connectivity index (χ0) is 26.3. The minimum absolute atomic E-state index is 0.139. The lowest BCUT2D eigenvalue weighted by molar-refractivity contribution is -0.138. The molecule has 192 valence electrons. The molecule has 1 aromatic heterocycles. The summed E-state index contributed by atoms with van der Waals surface area (Å²) in [5.74, 6) is -0.545. The lowest BCUT2D eigenvalue weighted by Gasteiger charge is -2.23. The van der Waals surface area contributed by atoms with Crippen LogP contribution in [0, 0.1) is 12.8 Å². The van der Waals surface area contributed by atoms with E-state index in [-0.39, 0.29) is 29.9 Å². The highest BCUT2D eigenvalue weighted by atomic mass is 16.4. The molecular formula is C28H35N3O5. The van der Waals surface area contributed by atoms with Crippen LogP contribution in [0.25, 0.3) is 11.0 Å². The first kappa shape index (κ1) is 26.9. The second kappa shape index (κ2) is 11.9. The standard InChI is InChI=1S/C28H35N3O5/c1-18(15-25(32)33)9-7-8-14-29-28(3,4)26(34)24-17-20-16-21(12-13-23(20)36-24)30-27(35)31-22-11-6-5-10-19(22)2/h5-6,10-13,16-18,29H,7-9,14-15H2,1-4H3,(H,32,33)(H2,30,31,35). The number of amides is 2. The lowest BCUT2D eigenvalue weighted by Crippen LogP contribution is -2.47. The number of rotatable bonds is 12. The molecule has 0 saturated heterocycles. The van der Waals surface area contributed by atoms with E-state index in [2.05, 4.69) is 16.0 Å². The van der Waals surface area contributed by atoms with Gasteiger partial charge in [-0.2, -0.15) is 0 Å². The number of ketones is 1. The van der Waals surface area contributed by atoms with Crippen molar-refractivity contribution in [1.29, 1.82) is 0 Å². The number of hydrogen-bond acceptors (Lipinski definition) is 5. The largest absolute Gasteiger partial charge is 0.481 e. The van der Waals surface area contributed by atoms with Gasteiger partial charge in [-0.3, -0.25) is 9.59 Å². The fourth-order valence-electron chi connectivity index (χ4n) is 4.04. The number of furan rings is 1. The van der Waals surface area contributed by atoms with Crippen LogP contribution in [-0.2, 0) is 4.79 Å². The van der Waals surface area contributed by atoms with Crippen molar-refractivity contribution in [2.75, 3.05) is 17.2 Å². The Hall–Kier alpha value is -3.65. The third-order valence-corrected chi connectivity index (χ3v) is 6.17. The topological polar surface area (TPSA) is 121 Å². The first-order valence-corrected chi connectivity index (χ1v) is 12.2. The highest BCUT2D eigenvalue weighted by Crippen LogP contribution is 2.26. The second-order valence-corrected chi connectivity index (χ2v) is 9.84. The number of carbonyl (C=O) groups excluding carboxylic acids is 2. The van der Waals surface area contributed by atoms with Crippen LogP contribution in [0.5, 0.6) is 0 Å². The van der Waals surface area contributed by atoms with Gasteiger partial charge < -0.3 is 25.5 Å². The van der Waals surface area contributed by atoms with Crippen LogP contribution < -0.4 is 16.0 Å². The maximum absolute atomic E-state index is 13.1. The number of hydrogen-bond donors (Lipinski definition) is 4. The average Bonchev–Trinajstić information content (AvgIpc) is 3.22. The minimum Gasteiger partial charge on any atom is -0.481 e. The molecule has 8 heteroatoms. The Morgan fingerprint density at radius 1 is 1.03 bits per heavy atom. The molecule has 1 heterocycles. The molecule has 0 fully saturated rings. The van der Waals surface area contributed by atoms with E-state index in [9.17, 15) is 14.4 Å². The molecule has 3 rings (SSSR count). The molecule has 4 N–H and O–H groups in total. The maximum Gasteiger partial charge on any atom is 0.323 e. The smallest absolute Gasteiger partial charge is 0.323 e. The predicted octanol–water partition coefficient (Wildman–Crippen LogP) is 6.22. The number of nitrogens with one attached hydrogen (secondary N) is 3. The molecule has 0 spiro atoms. The fraction of sp³-hybridized carbons (Fsp3) is 0.393. The van der Waals surface area contributed by atoms with Crippen molar-refractivity contribution in [3.05, 3.63) is 59.9 Å². The Balaban J connectivity index is 1.56. The molecule has 0 aliphatic rings. The normalized spacial score (nSPS) is 12.3. The molecule has 1 atom stereocenters. The average molecular weight is 494 g/mol. The van der Waals surface area contributed by atoms with Crippen molar-refractivity contribution in [1.82, 2.24) is 5.32 Å². The van der Waals surface area contributed by atoms with E-state index in [4.69, 9.17) is 9.52 Å². The van der Waals surface area contributed by atoms with Crippen LogP contribution in [-0.4, -0.2) is 35.0 Å². The molecule has 0 saturated carbocycles. The van der Waals surface area contributed by atoms with E-state index >= 15 is 0 Å². The van der Waals surface area contributed by atoms with Crippen molar-refractivity contribution < 1.29 is 23.9 Å². The highest BCUT2D eigenvalue weighted by Gasteiger charge is 2.30. The molecule has 8 nitrogen and oxygen atoms in total. The molecule has 3 aromatic rings. The Morgan fingerprint density at radius 3 is 2.50 bits per heavy atom. The second-order valence-electron chi connectivity index (χ2n) is 9.84. The van der Waals surface area contributed by atoms with Crippen molar-refractivity contribution in [2.45, 2.75) is 58.9 Å². The Bertz CT molecular complexity index is 1230. The van der Waals surface area contributed by atoms with Crippen LogP contribution in [0.15, 0.2) is 52.9 Å². The first-order chi connectivity index (χ1) is 17.0. The van der Waals surface area contributed by atoms with Gasteiger partial charge in [0.2, 0.25) is 5.78 Å². The monoisotopic (exact) mass is 493 g/mol. The molecule has 0 aliphatic carbocycles. The number of fused-ring (bicyclic) bond motifs is 1. The van der Waals surface area contributed by atoms with Crippen molar-refractivity contribution in [3.8, 4) is 0 Å². The molecule has 36 heavy (non-hydrogen) atoms.